The van der Waals surface area contributed by atoms with Crippen LogP contribution in [-0.2, 0) is 4.84 Å². The van der Waals surface area contributed by atoms with Crippen molar-refractivity contribution in [2.45, 2.75) is 57.9 Å². The molecule has 1 saturated heterocycles. The molecule has 2 unspecified atom stereocenters. The van der Waals surface area contributed by atoms with Gasteiger partial charge in [-0.1, -0.05) is 13.3 Å². The molecule has 0 aromatic heterocycles. The lowest BCUT2D eigenvalue weighted by molar-refractivity contribution is -0.836. The first-order valence-electron chi connectivity index (χ1n) is 9.48. The number of fused-ring (bicyclic) bond motifs is 1. The monoisotopic (exact) mass is 308 g/mol. The number of hydrogen-bond donors (Lipinski definition) is 0. The zero-order valence-electron chi connectivity index (χ0n) is 14.6. The summed E-state index contributed by atoms with van der Waals surface area (Å²) in [5.74, 6) is 0.853. The first kappa shape index (κ1) is 16.3. The Morgan fingerprint density at radius 2 is 2.00 bits per heavy atom. The van der Waals surface area contributed by atoms with Gasteiger partial charge in [-0.3, -0.25) is 4.84 Å². The van der Waals surface area contributed by atoms with Gasteiger partial charge in [-0.2, -0.15) is 0 Å². The molecular weight excluding hydrogens is 274 g/mol. The van der Waals surface area contributed by atoms with E-state index in [4.69, 9.17) is 4.84 Å². The van der Waals surface area contributed by atoms with Crippen molar-refractivity contribution in [1.82, 2.24) is 9.80 Å². The molecule has 0 spiro atoms. The number of likely N-dealkylation sites (N-methyl/N-ethyl adjacent to an activating group) is 1. The summed E-state index contributed by atoms with van der Waals surface area (Å²) >= 11 is 0. The minimum atomic E-state index is 0.684. The quantitative estimate of drug-likeness (QED) is 0.531. The summed E-state index contributed by atoms with van der Waals surface area (Å²) in [6.07, 6.45) is 9.21. The Morgan fingerprint density at radius 3 is 2.77 bits per heavy atom. The molecule has 22 heavy (non-hydrogen) atoms. The normalized spacial score (nSPS) is 30.1. The molecule has 4 nitrogen and oxygen atoms in total. The molecule has 0 N–H and O–H groups in total. The zero-order chi connectivity index (χ0) is 15.4. The van der Waals surface area contributed by atoms with Crippen molar-refractivity contribution in [3.8, 4) is 0 Å². The Kier molecular flexibility index (Phi) is 5.75. The third-order valence-electron chi connectivity index (χ3n) is 5.70. The van der Waals surface area contributed by atoms with Gasteiger partial charge in [-0.15, -0.1) is 0 Å². The number of piperazine rings is 1. The second kappa shape index (κ2) is 7.78. The maximum absolute atomic E-state index is 6.18. The molecule has 0 aromatic carbocycles. The largest absolute Gasteiger partial charge is 0.304 e. The predicted octanol–water partition coefficient (Wildman–Crippen LogP) is 2.38. The summed E-state index contributed by atoms with van der Waals surface area (Å²) in [6, 6.07) is 0.684. The van der Waals surface area contributed by atoms with Crippen LogP contribution in [0.25, 0.3) is 0 Å². The van der Waals surface area contributed by atoms with E-state index in [0.717, 1.165) is 18.9 Å². The van der Waals surface area contributed by atoms with E-state index < -0.39 is 0 Å². The van der Waals surface area contributed by atoms with Crippen molar-refractivity contribution in [1.29, 1.82) is 0 Å². The van der Waals surface area contributed by atoms with Crippen molar-refractivity contribution in [3.63, 3.8) is 0 Å². The maximum atomic E-state index is 6.18. The molecule has 126 valence electrons. The standard InChI is InChI=1S/C18H34N3O/c1-3-7-17-16-8-4-5-9-18(16)21(17)22-15-6-10-20-13-11-19(2)12-14-20/h16-17H,3-15H2,1-2H3/q+1. The van der Waals surface area contributed by atoms with Gasteiger partial charge in [-0.05, 0) is 31.0 Å². The van der Waals surface area contributed by atoms with E-state index >= 15 is 0 Å². The van der Waals surface area contributed by atoms with Gasteiger partial charge in [0.05, 0.1) is 0 Å². The molecule has 1 aliphatic carbocycles. The van der Waals surface area contributed by atoms with Crippen LogP contribution in [0.2, 0.25) is 0 Å². The molecular formula is C18H34N3O+. The first-order chi connectivity index (χ1) is 10.8. The van der Waals surface area contributed by atoms with E-state index in [1.54, 1.807) is 5.71 Å². The van der Waals surface area contributed by atoms with Crippen molar-refractivity contribution in [2.24, 2.45) is 5.92 Å². The van der Waals surface area contributed by atoms with Gasteiger partial charge in [0.1, 0.15) is 5.92 Å². The van der Waals surface area contributed by atoms with Crippen molar-refractivity contribution >= 4 is 5.71 Å². The second-order valence-electron chi connectivity index (χ2n) is 7.36. The van der Waals surface area contributed by atoms with Crippen LogP contribution in [-0.4, -0.2) is 72.7 Å². The van der Waals surface area contributed by atoms with Gasteiger partial charge in [0.15, 0.2) is 6.61 Å². The van der Waals surface area contributed by atoms with Crippen LogP contribution in [0, 0.1) is 5.92 Å². The molecule has 2 aliphatic heterocycles. The Hall–Kier alpha value is -0.610. The Balaban J connectivity index is 1.40. The Morgan fingerprint density at radius 1 is 1.18 bits per heavy atom. The molecule has 2 heterocycles. The maximum Gasteiger partial charge on any atom is 0.214 e. The van der Waals surface area contributed by atoms with Gasteiger partial charge in [0.2, 0.25) is 11.8 Å². The highest BCUT2D eigenvalue weighted by molar-refractivity contribution is 5.86. The first-order valence-corrected chi connectivity index (χ1v) is 9.48. The molecule has 4 heteroatoms. The van der Waals surface area contributed by atoms with Gasteiger partial charge >= 0.3 is 0 Å². The highest BCUT2D eigenvalue weighted by Gasteiger charge is 2.51. The summed E-state index contributed by atoms with van der Waals surface area (Å²) < 4.78 is 2.32. The third kappa shape index (κ3) is 3.65. The molecule has 2 fully saturated rings. The van der Waals surface area contributed by atoms with Crippen LogP contribution in [0.4, 0.5) is 0 Å². The van der Waals surface area contributed by atoms with Gasteiger partial charge in [0.25, 0.3) is 0 Å². The van der Waals surface area contributed by atoms with E-state index in [0.29, 0.717) is 6.04 Å². The molecule has 3 aliphatic rings. The average Bonchev–Trinajstić information content (AvgIpc) is 2.54. The lowest BCUT2D eigenvalue weighted by Crippen LogP contribution is -2.54. The van der Waals surface area contributed by atoms with E-state index in [9.17, 15) is 0 Å². The summed E-state index contributed by atoms with van der Waals surface area (Å²) in [4.78, 5) is 11.2. The number of hydrogen-bond acceptors (Lipinski definition) is 3. The van der Waals surface area contributed by atoms with E-state index in [1.165, 1.54) is 71.2 Å². The summed E-state index contributed by atoms with van der Waals surface area (Å²) in [5.41, 5.74) is 1.62. The van der Waals surface area contributed by atoms with Gasteiger partial charge < -0.3 is 9.80 Å². The van der Waals surface area contributed by atoms with Crippen LogP contribution in [0.15, 0.2) is 0 Å². The van der Waals surface area contributed by atoms with Crippen LogP contribution in [0.3, 0.4) is 0 Å². The van der Waals surface area contributed by atoms with Crippen LogP contribution in [0.5, 0.6) is 0 Å². The van der Waals surface area contributed by atoms with Crippen LogP contribution >= 0.6 is 0 Å². The lowest BCUT2D eigenvalue weighted by Gasteiger charge is -2.35. The Bertz CT molecular complexity index is 388. The van der Waals surface area contributed by atoms with E-state index in [-0.39, 0.29) is 0 Å². The highest BCUT2D eigenvalue weighted by Crippen LogP contribution is 2.35. The fourth-order valence-electron chi connectivity index (χ4n) is 4.32. The molecule has 2 atom stereocenters. The van der Waals surface area contributed by atoms with E-state index in [2.05, 4.69) is 28.5 Å². The van der Waals surface area contributed by atoms with Crippen LogP contribution in [0.1, 0.15) is 51.9 Å². The third-order valence-corrected chi connectivity index (χ3v) is 5.70. The topological polar surface area (TPSA) is 18.7 Å². The lowest BCUT2D eigenvalue weighted by atomic mass is 9.75. The average molecular weight is 308 g/mol. The SMILES string of the molecule is CCCC1C2CCCCC2=[N+]1OCCCN1CCN(C)CC1. The minimum absolute atomic E-state index is 0.684. The van der Waals surface area contributed by atoms with Crippen molar-refractivity contribution in [2.75, 3.05) is 46.4 Å². The number of rotatable bonds is 7. The fourth-order valence-corrected chi connectivity index (χ4v) is 4.32. The smallest absolute Gasteiger partial charge is 0.214 e. The zero-order valence-corrected chi connectivity index (χ0v) is 14.6. The van der Waals surface area contributed by atoms with E-state index in [1.807, 2.05) is 0 Å². The minimum Gasteiger partial charge on any atom is -0.304 e. The molecule has 0 aromatic rings. The number of hydroxylamine groups is 1. The molecule has 0 bridgehead atoms. The second-order valence-corrected chi connectivity index (χ2v) is 7.36. The van der Waals surface area contributed by atoms with Crippen molar-refractivity contribution in [3.05, 3.63) is 0 Å². The molecule has 0 radical (unpaired) electrons. The van der Waals surface area contributed by atoms with Crippen molar-refractivity contribution < 1.29 is 9.58 Å². The number of nitrogens with zero attached hydrogens (tertiary/aromatic N) is 3. The summed E-state index contributed by atoms with van der Waals surface area (Å²) in [7, 11) is 2.22. The Labute approximate surface area is 136 Å². The summed E-state index contributed by atoms with van der Waals surface area (Å²) in [5, 5.41) is 0. The van der Waals surface area contributed by atoms with Gasteiger partial charge in [-0.25, -0.2) is 0 Å². The highest BCUT2D eigenvalue weighted by atomic mass is 16.7. The molecule has 0 amide bonds. The predicted molar refractivity (Wildman–Crippen MR) is 90.4 cm³/mol. The summed E-state index contributed by atoms with van der Waals surface area (Å²) in [6.45, 7) is 9.25. The van der Waals surface area contributed by atoms with Gasteiger partial charge in [0, 0.05) is 52.0 Å². The molecule has 3 rings (SSSR count). The van der Waals surface area contributed by atoms with Crippen LogP contribution < -0.4 is 0 Å². The molecule has 1 saturated carbocycles. The fraction of sp³-hybridized carbons (Fsp3) is 0.944.